The summed E-state index contributed by atoms with van der Waals surface area (Å²) in [5.41, 5.74) is 0.249. The number of fused-ring (bicyclic) bond motifs is 1. The molecule has 0 aromatic carbocycles. The highest BCUT2D eigenvalue weighted by Gasteiger charge is 2.28. The van der Waals surface area contributed by atoms with Gasteiger partial charge in [-0.15, -0.1) is 11.3 Å². The van der Waals surface area contributed by atoms with Gasteiger partial charge in [0.15, 0.2) is 0 Å². The summed E-state index contributed by atoms with van der Waals surface area (Å²) in [6, 6.07) is 0. The molecule has 0 radical (unpaired) electrons. The highest BCUT2D eigenvalue weighted by Crippen LogP contribution is 2.26. The second-order valence-electron chi connectivity index (χ2n) is 5.35. The lowest BCUT2D eigenvalue weighted by atomic mass is 10.2. The highest BCUT2D eigenvalue weighted by atomic mass is 32.1. The van der Waals surface area contributed by atoms with Crippen LogP contribution in [0.1, 0.15) is 41.1 Å². The van der Waals surface area contributed by atoms with Crippen LogP contribution in [-0.4, -0.2) is 39.2 Å². The number of thiazole rings is 1. The van der Waals surface area contributed by atoms with Gasteiger partial charge in [0.05, 0.1) is 12.2 Å². The van der Waals surface area contributed by atoms with Crippen LogP contribution in [0.2, 0.25) is 0 Å². The minimum Gasteiger partial charge on any atom is -0.476 e. The molecule has 1 aromatic heterocycles. The summed E-state index contributed by atoms with van der Waals surface area (Å²) in [7, 11) is 0. The van der Waals surface area contributed by atoms with E-state index in [0.29, 0.717) is 19.5 Å². The van der Waals surface area contributed by atoms with E-state index in [2.05, 4.69) is 4.98 Å². The molecule has 0 unspecified atom stereocenters. The maximum absolute atomic E-state index is 11.9. The molecule has 1 amide bonds. The molecule has 104 valence electrons. The molecule has 0 bridgehead atoms. The lowest BCUT2D eigenvalue weighted by Crippen LogP contribution is -2.39. The number of rotatable bonds is 1. The quantitative estimate of drug-likeness (QED) is 0.854. The van der Waals surface area contributed by atoms with Crippen molar-refractivity contribution >= 4 is 23.4 Å². The summed E-state index contributed by atoms with van der Waals surface area (Å²) in [5, 5.41) is 8.98. The van der Waals surface area contributed by atoms with Crippen LogP contribution in [0.15, 0.2) is 0 Å². The van der Waals surface area contributed by atoms with E-state index < -0.39 is 11.6 Å². The van der Waals surface area contributed by atoms with E-state index in [9.17, 15) is 9.59 Å². The van der Waals surface area contributed by atoms with Crippen LogP contribution in [0.4, 0.5) is 4.79 Å². The SMILES string of the molecule is CC(C)(C)OC(=O)N1CCc2nc(C(=O)O)sc2C1. The third-order valence-corrected chi connectivity index (χ3v) is 3.64. The van der Waals surface area contributed by atoms with Crippen LogP contribution in [0.3, 0.4) is 0 Å². The minimum atomic E-state index is -1.02. The first kappa shape index (κ1) is 13.8. The molecular formula is C12H16N2O4S. The minimum absolute atomic E-state index is 0.0797. The van der Waals surface area contributed by atoms with Crippen molar-refractivity contribution in [1.29, 1.82) is 0 Å². The zero-order chi connectivity index (χ0) is 14.2. The number of aromatic nitrogens is 1. The summed E-state index contributed by atoms with van der Waals surface area (Å²) in [5.74, 6) is -1.02. The van der Waals surface area contributed by atoms with E-state index >= 15 is 0 Å². The molecule has 19 heavy (non-hydrogen) atoms. The van der Waals surface area contributed by atoms with Crippen molar-refractivity contribution < 1.29 is 19.4 Å². The summed E-state index contributed by atoms with van der Waals surface area (Å²) in [4.78, 5) is 29.3. The van der Waals surface area contributed by atoms with Crippen molar-refractivity contribution in [3.63, 3.8) is 0 Å². The molecule has 0 saturated heterocycles. The maximum atomic E-state index is 11.9. The largest absolute Gasteiger partial charge is 0.476 e. The summed E-state index contributed by atoms with van der Waals surface area (Å²) < 4.78 is 5.30. The van der Waals surface area contributed by atoms with Gasteiger partial charge >= 0.3 is 12.1 Å². The van der Waals surface area contributed by atoms with Gasteiger partial charge in [-0.25, -0.2) is 14.6 Å². The van der Waals surface area contributed by atoms with Crippen molar-refractivity contribution in [2.45, 2.75) is 39.3 Å². The fourth-order valence-electron chi connectivity index (χ4n) is 1.77. The van der Waals surface area contributed by atoms with Gasteiger partial charge in [-0.1, -0.05) is 0 Å². The molecule has 2 rings (SSSR count). The second-order valence-corrected chi connectivity index (χ2v) is 6.43. The molecule has 0 atom stereocenters. The Labute approximate surface area is 115 Å². The fraction of sp³-hybridized carbons (Fsp3) is 0.583. The summed E-state index contributed by atoms with van der Waals surface area (Å²) >= 11 is 1.12. The van der Waals surface area contributed by atoms with E-state index in [1.54, 1.807) is 4.90 Å². The molecule has 1 aliphatic rings. The van der Waals surface area contributed by atoms with Crippen molar-refractivity contribution in [2.75, 3.05) is 6.54 Å². The molecule has 0 fully saturated rings. The Hall–Kier alpha value is -1.63. The molecule has 0 spiro atoms. The number of carbonyl (C=O) groups is 2. The molecule has 1 N–H and O–H groups in total. The van der Waals surface area contributed by atoms with Crippen LogP contribution in [0, 0.1) is 0 Å². The van der Waals surface area contributed by atoms with Crippen molar-refractivity contribution in [1.82, 2.24) is 9.88 Å². The van der Waals surface area contributed by atoms with Gasteiger partial charge in [0, 0.05) is 17.8 Å². The molecule has 1 aliphatic heterocycles. The molecule has 2 heterocycles. The Morgan fingerprint density at radius 3 is 2.68 bits per heavy atom. The molecule has 6 nitrogen and oxygen atoms in total. The fourth-order valence-corrected chi connectivity index (χ4v) is 2.73. The number of hydrogen-bond acceptors (Lipinski definition) is 5. The number of amides is 1. The average Bonchev–Trinajstić information content (AvgIpc) is 2.69. The molecule has 0 saturated carbocycles. The predicted molar refractivity (Wildman–Crippen MR) is 69.4 cm³/mol. The number of hydrogen-bond donors (Lipinski definition) is 1. The van der Waals surface area contributed by atoms with Crippen LogP contribution >= 0.6 is 11.3 Å². The number of aromatic carboxylic acids is 1. The van der Waals surface area contributed by atoms with Gasteiger partial charge in [0.2, 0.25) is 5.01 Å². The highest BCUT2D eigenvalue weighted by molar-refractivity contribution is 7.13. The standard InChI is InChI=1S/C12H16N2O4S/c1-12(2,3)18-11(17)14-5-4-7-8(6-14)19-9(13-7)10(15)16/h4-6H2,1-3H3,(H,15,16). The van der Waals surface area contributed by atoms with Gasteiger partial charge in [-0.05, 0) is 20.8 Å². The van der Waals surface area contributed by atoms with Crippen LogP contribution in [-0.2, 0) is 17.7 Å². The zero-order valence-electron chi connectivity index (χ0n) is 11.1. The van der Waals surface area contributed by atoms with E-state index in [4.69, 9.17) is 9.84 Å². The van der Waals surface area contributed by atoms with E-state index in [1.165, 1.54) is 0 Å². The van der Waals surface area contributed by atoms with Crippen LogP contribution in [0.5, 0.6) is 0 Å². The van der Waals surface area contributed by atoms with Gasteiger partial charge in [0.25, 0.3) is 0 Å². The van der Waals surface area contributed by atoms with Gasteiger partial charge < -0.3 is 14.7 Å². The van der Waals surface area contributed by atoms with Crippen molar-refractivity contribution in [3.05, 3.63) is 15.6 Å². The molecule has 0 aliphatic carbocycles. The third-order valence-electron chi connectivity index (χ3n) is 2.57. The number of carbonyl (C=O) groups excluding carboxylic acids is 1. The first-order chi connectivity index (χ1) is 8.76. The monoisotopic (exact) mass is 284 g/mol. The number of ether oxygens (including phenoxy) is 1. The maximum Gasteiger partial charge on any atom is 0.410 e. The number of carboxylic acids is 1. The Balaban J connectivity index is 2.09. The van der Waals surface area contributed by atoms with Crippen LogP contribution < -0.4 is 0 Å². The lowest BCUT2D eigenvalue weighted by Gasteiger charge is -2.29. The topological polar surface area (TPSA) is 79.7 Å². The lowest BCUT2D eigenvalue weighted by molar-refractivity contribution is 0.0225. The van der Waals surface area contributed by atoms with E-state index in [1.807, 2.05) is 20.8 Å². The Kier molecular flexibility index (Phi) is 3.49. The third kappa shape index (κ3) is 3.23. The number of carboxylic acid groups (broad SMARTS) is 1. The van der Waals surface area contributed by atoms with Gasteiger partial charge in [-0.3, -0.25) is 0 Å². The predicted octanol–water partition coefficient (Wildman–Crippen LogP) is 2.13. The number of nitrogens with zero attached hydrogens (tertiary/aromatic N) is 2. The zero-order valence-corrected chi connectivity index (χ0v) is 11.9. The molecular weight excluding hydrogens is 268 g/mol. The smallest absolute Gasteiger partial charge is 0.410 e. The van der Waals surface area contributed by atoms with Crippen molar-refractivity contribution in [2.24, 2.45) is 0 Å². The van der Waals surface area contributed by atoms with Gasteiger partial charge in [0.1, 0.15) is 5.60 Å². The normalized spacial score (nSPS) is 15.0. The van der Waals surface area contributed by atoms with Gasteiger partial charge in [-0.2, -0.15) is 0 Å². The summed E-state index contributed by atoms with van der Waals surface area (Å²) in [6.45, 7) is 6.32. The van der Waals surface area contributed by atoms with Crippen LogP contribution in [0.25, 0.3) is 0 Å². The van der Waals surface area contributed by atoms with E-state index in [-0.39, 0.29) is 11.1 Å². The Bertz CT molecular complexity index is 518. The Morgan fingerprint density at radius 1 is 1.42 bits per heavy atom. The van der Waals surface area contributed by atoms with Crippen molar-refractivity contribution in [3.8, 4) is 0 Å². The first-order valence-electron chi connectivity index (χ1n) is 5.96. The molecule has 7 heteroatoms. The van der Waals surface area contributed by atoms with E-state index in [0.717, 1.165) is 21.9 Å². The summed E-state index contributed by atoms with van der Waals surface area (Å²) in [6.07, 6.45) is 0.196. The average molecular weight is 284 g/mol. The Morgan fingerprint density at radius 2 is 2.11 bits per heavy atom. The molecule has 1 aromatic rings. The second kappa shape index (κ2) is 4.80. The first-order valence-corrected chi connectivity index (χ1v) is 6.78.